The Morgan fingerprint density at radius 1 is 0.455 bits per heavy atom. The number of nitrogens with zero attached hydrogens (tertiary/aromatic N) is 5. The molecule has 0 amide bonds. The third-order valence-corrected chi connectivity index (χ3v) is 10.4. The zero-order valence-corrected chi connectivity index (χ0v) is 29.5. The topological polar surface area (TPSA) is 56.1 Å². The predicted octanol–water partition coefficient (Wildman–Crippen LogP) is 12.7. The van der Waals surface area contributed by atoms with Crippen molar-refractivity contribution < 1.29 is 4.74 Å². The highest BCUT2D eigenvalue weighted by molar-refractivity contribution is 6.23. The molecular formula is C49H31N5O. The fourth-order valence-corrected chi connectivity index (χ4v) is 7.99. The van der Waals surface area contributed by atoms with Crippen LogP contribution in [0.15, 0.2) is 188 Å². The van der Waals surface area contributed by atoms with E-state index in [1.54, 1.807) is 12.4 Å². The second kappa shape index (κ2) is 12.5. The van der Waals surface area contributed by atoms with Crippen molar-refractivity contribution in [3.05, 3.63) is 188 Å². The highest BCUT2D eigenvalue weighted by Gasteiger charge is 2.28. The molecule has 0 spiro atoms. The van der Waals surface area contributed by atoms with Crippen LogP contribution >= 0.6 is 0 Å². The van der Waals surface area contributed by atoms with Gasteiger partial charge in [-0.2, -0.15) is 0 Å². The smallest absolute Gasteiger partial charge is 0.154 e. The van der Waals surface area contributed by atoms with Crippen LogP contribution in [0.1, 0.15) is 0 Å². The maximum atomic E-state index is 7.06. The molecule has 0 fully saturated rings. The maximum absolute atomic E-state index is 7.06. The van der Waals surface area contributed by atoms with Crippen LogP contribution in [0.3, 0.4) is 0 Å². The molecule has 258 valence electrons. The molecule has 0 radical (unpaired) electrons. The first-order valence-electron chi connectivity index (χ1n) is 18.3. The number of anilines is 3. The van der Waals surface area contributed by atoms with Gasteiger partial charge in [0.15, 0.2) is 11.5 Å². The zero-order chi connectivity index (χ0) is 36.3. The molecule has 0 atom stereocenters. The van der Waals surface area contributed by atoms with Crippen LogP contribution in [0.2, 0.25) is 0 Å². The fraction of sp³-hybridized carbons (Fsp3) is 0. The van der Waals surface area contributed by atoms with Crippen LogP contribution in [-0.4, -0.2) is 19.5 Å². The largest absolute Gasteiger partial charge is 0.453 e. The molecule has 1 aliphatic rings. The normalized spacial score (nSPS) is 11.8. The number of fused-ring (bicyclic) bond motifs is 7. The molecule has 6 nitrogen and oxygen atoms in total. The Labute approximate surface area is 317 Å². The molecule has 0 unspecified atom stereocenters. The van der Waals surface area contributed by atoms with Gasteiger partial charge in [-0.15, -0.1) is 0 Å². The summed E-state index contributed by atoms with van der Waals surface area (Å²) in [5, 5.41) is 4.75. The number of hydrogen-bond acceptors (Lipinski definition) is 5. The van der Waals surface area contributed by atoms with Gasteiger partial charge in [0.1, 0.15) is 0 Å². The van der Waals surface area contributed by atoms with Crippen molar-refractivity contribution >= 4 is 49.6 Å². The van der Waals surface area contributed by atoms with Crippen LogP contribution < -0.4 is 9.64 Å². The van der Waals surface area contributed by atoms with E-state index in [0.29, 0.717) is 0 Å². The van der Waals surface area contributed by atoms with E-state index in [9.17, 15) is 0 Å². The van der Waals surface area contributed by atoms with Crippen LogP contribution in [0.25, 0.3) is 72.2 Å². The first kappa shape index (κ1) is 31.0. The average molecular weight is 706 g/mol. The SMILES string of the molecule is c1ccc(N(c2ccccc2)c2cc3c4c(c2)c2c5ccccc5ccc2n4-c2ccc(-c4cc(-c5ccccn5)nc(-c5ccccn5)c4)cc2O3)cc1. The number of aromatic nitrogens is 4. The summed E-state index contributed by atoms with van der Waals surface area (Å²) in [4.78, 5) is 16.6. The van der Waals surface area contributed by atoms with Crippen LogP contribution in [-0.2, 0) is 0 Å². The Balaban J connectivity index is 1.15. The molecule has 0 bridgehead atoms. The molecule has 0 aliphatic carbocycles. The molecule has 6 aromatic carbocycles. The lowest BCUT2D eigenvalue weighted by Gasteiger charge is -2.27. The molecule has 1 aliphatic heterocycles. The number of hydrogen-bond donors (Lipinski definition) is 0. The summed E-state index contributed by atoms with van der Waals surface area (Å²) in [7, 11) is 0. The minimum atomic E-state index is 0.774. The Morgan fingerprint density at radius 3 is 1.78 bits per heavy atom. The molecule has 10 aromatic rings. The molecule has 0 N–H and O–H groups in total. The van der Waals surface area contributed by atoms with E-state index in [4.69, 9.17) is 9.72 Å². The Kier molecular flexibility index (Phi) is 7.07. The van der Waals surface area contributed by atoms with E-state index >= 15 is 0 Å². The van der Waals surface area contributed by atoms with Crippen LogP contribution in [0.4, 0.5) is 17.1 Å². The predicted molar refractivity (Wildman–Crippen MR) is 223 cm³/mol. The highest BCUT2D eigenvalue weighted by Crippen LogP contribution is 2.51. The van der Waals surface area contributed by atoms with E-state index in [1.807, 2.05) is 36.4 Å². The highest BCUT2D eigenvalue weighted by atomic mass is 16.5. The number of para-hydroxylation sites is 2. The number of benzene rings is 6. The molecule has 5 heterocycles. The lowest BCUT2D eigenvalue weighted by molar-refractivity contribution is 0.477. The lowest BCUT2D eigenvalue weighted by Crippen LogP contribution is -2.11. The fourth-order valence-electron chi connectivity index (χ4n) is 7.99. The van der Waals surface area contributed by atoms with Crippen molar-refractivity contribution in [1.82, 2.24) is 19.5 Å². The standard InChI is InChI=1S/C49H31N5O/c1-3-14-35(15-4-1)53(36-16-5-2-6-17-36)37-30-39-48-38-18-8-7-13-32(38)21-24-45(48)54-44-23-22-33(29-46(44)55-47(31-37)49(39)54)34-27-42(40-19-9-11-25-50-40)52-43(28-34)41-20-10-12-26-51-41/h1-31H. The van der Waals surface area contributed by atoms with Crippen LogP contribution in [0, 0.1) is 0 Å². The molecule has 55 heavy (non-hydrogen) atoms. The number of ether oxygens (including phenoxy) is 1. The molecule has 0 saturated heterocycles. The molecule has 4 aromatic heterocycles. The first-order valence-corrected chi connectivity index (χ1v) is 18.3. The third kappa shape index (κ3) is 5.15. The van der Waals surface area contributed by atoms with Gasteiger partial charge in [0.2, 0.25) is 0 Å². The Morgan fingerprint density at radius 2 is 1.11 bits per heavy atom. The summed E-state index contributed by atoms with van der Waals surface area (Å²) in [5.74, 6) is 1.57. The van der Waals surface area contributed by atoms with Gasteiger partial charge in [-0.1, -0.05) is 84.9 Å². The minimum absolute atomic E-state index is 0.774. The van der Waals surface area contributed by atoms with E-state index in [0.717, 1.165) is 84.6 Å². The zero-order valence-electron chi connectivity index (χ0n) is 29.5. The molecule has 11 rings (SSSR count). The van der Waals surface area contributed by atoms with Gasteiger partial charge in [0, 0.05) is 40.6 Å². The maximum Gasteiger partial charge on any atom is 0.154 e. The number of rotatable bonds is 6. The van der Waals surface area contributed by atoms with Gasteiger partial charge >= 0.3 is 0 Å². The average Bonchev–Trinajstić information content (AvgIpc) is 3.60. The molecule has 0 saturated carbocycles. The quantitative estimate of drug-likeness (QED) is 0.172. The van der Waals surface area contributed by atoms with Gasteiger partial charge in [0.25, 0.3) is 0 Å². The van der Waals surface area contributed by atoms with E-state index in [-0.39, 0.29) is 0 Å². The van der Waals surface area contributed by atoms with Gasteiger partial charge in [-0.25, -0.2) is 4.98 Å². The molecular weight excluding hydrogens is 675 g/mol. The van der Waals surface area contributed by atoms with Gasteiger partial charge in [-0.05, 0) is 107 Å². The van der Waals surface area contributed by atoms with Crippen LogP contribution in [0.5, 0.6) is 11.5 Å². The first-order chi connectivity index (χ1) is 27.3. The Bertz CT molecular complexity index is 2960. The van der Waals surface area contributed by atoms with E-state index in [2.05, 4.69) is 159 Å². The number of pyridine rings is 3. The van der Waals surface area contributed by atoms with Crippen molar-refractivity contribution in [3.8, 4) is 51.1 Å². The van der Waals surface area contributed by atoms with Crippen molar-refractivity contribution in [2.24, 2.45) is 0 Å². The second-order valence-electron chi connectivity index (χ2n) is 13.7. The van der Waals surface area contributed by atoms with Crippen molar-refractivity contribution in [2.45, 2.75) is 0 Å². The van der Waals surface area contributed by atoms with Crippen molar-refractivity contribution in [2.75, 3.05) is 4.90 Å². The van der Waals surface area contributed by atoms with E-state index < -0.39 is 0 Å². The minimum Gasteiger partial charge on any atom is -0.453 e. The van der Waals surface area contributed by atoms with Gasteiger partial charge in [0.05, 0.1) is 45.2 Å². The summed E-state index contributed by atoms with van der Waals surface area (Å²) in [5.41, 5.74) is 11.5. The summed E-state index contributed by atoms with van der Waals surface area (Å²) >= 11 is 0. The summed E-state index contributed by atoms with van der Waals surface area (Å²) in [6.45, 7) is 0. The third-order valence-electron chi connectivity index (χ3n) is 10.4. The van der Waals surface area contributed by atoms with E-state index in [1.165, 1.54) is 16.2 Å². The second-order valence-corrected chi connectivity index (χ2v) is 13.7. The summed E-state index contributed by atoms with van der Waals surface area (Å²) < 4.78 is 9.43. The van der Waals surface area contributed by atoms with Crippen molar-refractivity contribution in [3.63, 3.8) is 0 Å². The summed E-state index contributed by atoms with van der Waals surface area (Å²) in [6.07, 6.45) is 3.59. The van der Waals surface area contributed by atoms with Gasteiger partial charge < -0.3 is 14.2 Å². The monoisotopic (exact) mass is 705 g/mol. The summed E-state index contributed by atoms with van der Waals surface area (Å²) in [6, 6.07) is 61.1. The van der Waals surface area contributed by atoms with Gasteiger partial charge in [-0.3, -0.25) is 9.97 Å². The Hall–Kier alpha value is -7.57. The lowest BCUT2D eigenvalue weighted by atomic mass is 10.0. The molecule has 6 heteroatoms. The van der Waals surface area contributed by atoms with Crippen molar-refractivity contribution in [1.29, 1.82) is 0 Å².